The molecule has 1 N–H and O–H groups in total. The predicted molar refractivity (Wildman–Crippen MR) is 62.8 cm³/mol. The van der Waals surface area contributed by atoms with Crippen molar-refractivity contribution in [3.8, 4) is 0 Å². The third-order valence-corrected chi connectivity index (χ3v) is 2.19. The van der Waals surface area contributed by atoms with Gasteiger partial charge in [0, 0.05) is 12.0 Å². The van der Waals surface area contributed by atoms with Crippen LogP contribution in [0.1, 0.15) is 26.7 Å². The van der Waals surface area contributed by atoms with Crippen LogP contribution in [0.4, 0.5) is 0 Å². The number of rotatable bonds is 7. The second-order valence-electron chi connectivity index (χ2n) is 3.48. The highest BCUT2D eigenvalue weighted by Gasteiger charge is 2.30. The molecule has 6 nitrogen and oxygen atoms in total. The molecule has 18 heavy (non-hydrogen) atoms. The first-order chi connectivity index (χ1) is 8.47. The number of hydrogen-bond donors (Lipinski definition) is 1. The highest BCUT2D eigenvalue weighted by Crippen LogP contribution is 2.16. The van der Waals surface area contributed by atoms with E-state index in [4.69, 9.17) is 5.11 Å². The number of aliphatic carboxylic acids is 1. The van der Waals surface area contributed by atoms with Crippen LogP contribution in [0.5, 0.6) is 0 Å². The lowest BCUT2D eigenvalue weighted by molar-refractivity contribution is -0.158. The van der Waals surface area contributed by atoms with Crippen LogP contribution in [-0.2, 0) is 23.9 Å². The normalized spacial score (nSPS) is 12.7. The van der Waals surface area contributed by atoms with E-state index in [1.54, 1.807) is 19.9 Å². The number of hydrogen-bond acceptors (Lipinski definition) is 5. The summed E-state index contributed by atoms with van der Waals surface area (Å²) in [6, 6.07) is 0. The fourth-order valence-electron chi connectivity index (χ4n) is 1.36. The van der Waals surface area contributed by atoms with E-state index in [1.807, 2.05) is 0 Å². The van der Waals surface area contributed by atoms with Crippen molar-refractivity contribution < 1.29 is 29.0 Å². The molecule has 0 aromatic carbocycles. The quantitative estimate of drug-likeness (QED) is 0.418. The van der Waals surface area contributed by atoms with Gasteiger partial charge in [-0.25, -0.2) is 4.79 Å². The van der Waals surface area contributed by atoms with Gasteiger partial charge in [0.2, 0.25) is 0 Å². The Morgan fingerprint density at radius 3 is 2.28 bits per heavy atom. The maximum Gasteiger partial charge on any atom is 0.333 e. The molecule has 0 aromatic rings. The van der Waals surface area contributed by atoms with Gasteiger partial charge in [-0.1, -0.05) is 13.0 Å². The van der Waals surface area contributed by atoms with E-state index in [9.17, 15) is 14.4 Å². The Labute approximate surface area is 106 Å². The number of carbonyl (C=O) groups excluding carboxylic acids is 2. The molecule has 0 rings (SSSR count). The third kappa shape index (κ3) is 4.99. The second kappa shape index (κ2) is 8.27. The number of carbonyl (C=O) groups is 3. The first kappa shape index (κ1) is 16.1. The maximum absolute atomic E-state index is 11.5. The topological polar surface area (TPSA) is 89.9 Å². The lowest BCUT2D eigenvalue weighted by atomic mass is 9.98. The van der Waals surface area contributed by atoms with Gasteiger partial charge in [0.1, 0.15) is 0 Å². The van der Waals surface area contributed by atoms with Gasteiger partial charge in [-0.3, -0.25) is 9.59 Å². The number of carboxylic acid groups (broad SMARTS) is 1. The minimum Gasteiger partial charge on any atom is -0.481 e. The molecule has 0 aliphatic heterocycles. The Bertz CT molecular complexity index is 344. The molecule has 0 aliphatic carbocycles. The van der Waals surface area contributed by atoms with Gasteiger partial charge in [-0.15, -0.1) is 0 Å². The zero-order chi connectivity index (χ0) is 14.1. The summed E-state index contributed by atoms with van der Waals surface area (Å²) < 4.78 is 9.19. The van der Waals surface area contributed by atoms with E-state index in [0.717, 1.165) is 0 Å². The zero-order valence-corrected chi connectivity index (χ0v) is 10.8. The zero-order valence-electron chi connectivity index (χ0n) is 10.8. The monoisotopic (exact) mass is 258 g/mol. The summed E-state index contributed by atoms with van der Waals surface area (Å²) in [6.07, 6.45) is 1.86. The largest absolute Gasteiger partial charge is 0.481 e. The second-order valence-corrected chi connectivity index (χ2v) is 3.48. The lowest BCUT2D eigenvalue weighted by Gasteiger charge is -2.12. The van der Waals surface area contributed by atoms with Gasteiger partial charge < -0.3 is 14.6 Å². The van der Waals surface area contributed by atoms with E-state index >= 15 is 0 Å². The Morgan fingerprint density at radius 2 is 1.89 bits per heavy atom. The molecule has 0 radical (unpaired) electrons. The summed E-state index contributed by atoms with van der Waals surface area (Å²) in [5, 5.41) is 8.96. The van der Waals surface area contributed by atoms with E-state index < -0.39 is 23.8 Å². The fourth-order valence-corrected chi connectivity index (χ4v) is 1.36. The Kier molecular flexibility index (Phi) is 7.42. The molecule has 0 aromatic heterocycles. The van der Waals surface area contributed by atoms with Crippen molar-refractivity contribution in [1.82, 2.24) is 0 Å². The van der Waals surface area contributed by atoms with Crippen LogP contribution in [0.15, 0.2) is 11.6 Å². The van der Waals surface area contributed by atoms with Crippen molar-refractivity contribution in [2.45, 2.75) is 26.7 Å². The standard InChI is InChI=1S/C12H18O6/c1-4-6-8(11(15)17-3)7-9(10(13)14)12(16)18-5-2/h6,9H,4-5,7H2,1-3H3,(H,13,14)/b8-6-. The molecule has 0 fully saturated rings. The van der Waals surface area contributed by atoms with Gasteiger partial charge in [0.25, 0.3) is 0 Å². The van der Waals surface area contributed by atoms with E-state index in [2.05, 4.69) is 9.47 Å². The van der Waals surface area contributed by atoms with Gasteiger partial charge in [0.15, 0.2) is 5.92 Å². The molecule has 6 heteroatoms. The summed E-state index contributed by atoms with van der Waals surface area (Å²) in [4.78, 5) is 33.8. The number of esters is 2. The average molecular weight is 258 g/mol. The molecule has 0 saturated heterocycles. The van der Waals surface area contributed by atoms with Crippen LogP contribution >= 0.6 is 0 Å². The smallest absolute Gasteiger partial charge is 0.333 e. The van der Waals surface area contributed by atoms with Gasteiger partial charge in [-0.05, 0) is 13.3 Å². The highest BCUT2D eigenvalue weighted by molar-refractivity contribution is 5.97. The molecule has 1 unspecified atom stereocenters. The fraction of sp³-hybridized carbons (Fsp3) is 0.583. The van der Waals surface area contributed by atoms with Crippen LogP contribution < -0.4 is 0 Å². The molecular formula is C12H18O6. The van der Waals surface area contributed by atoms with Crippen molar-refractivity contribution >= 4 is 17.9 Å². The van der Waals surface area contributed by atoms with Crippen molar-refractivity contribution in [3.63, 3.8) is 0 Å². The van der Waals surface area contributed by atoms with Crippen molar-refractivity contribution in [3.05, 3.63) is 11.6 Å². The van der Waals surface area contributed by atoms with Gasteiger partial charge in [-0.2, -0.15) is 0 Å². The van der Waals surface area contributed by atoms with Crippen LogP contribution in [0.2, 0.25) is 0 Å². The van der Waals surface area contributed by atoms with Crippen molar-refractivity contribution in [2.75, 3.05) is 13.7 Å². The van der Waals surface area contributed by atoms with Crippen LogP contribution in [0, 0.1) is 5.92 Å². The van der Waals surface area contributed by atoms with Crippen molar-refractivity contribution in [1.29, 1.82) is 0 Å². The summed E-state index contributed by atoms with van der Waals surface area (Å²) in [5.74, 6) is -4.19. The molecule has 0 aliphatic rings. The Morgan fingerprint density at radius 1 is 1.28 bits per heavy atom. The van der Waals surface area contributed by atoms with Crippen molar-refractivity contribution in [2.24, 2.45) is 5.92 Å². The Balaban J connectivity index is 4.94. The summed E-state index contributed by atoms with van der Waals surface area (Å²) in [6.45, 7) is 3.47. The molecule has 0 saturated carbocycles. The number of carboxylic acids is 1. The SMILES string of the molecule is CC/C=C(/CC(C(=O)O)C(=O)OCC)C(=O)OC. The first-order valence-corrected chi connectivity index (χ1v) is 5.64. The summed E-state index contributed by atoms with van der Waals surface area (Å²) in [5.41, 5.74) is 0.167. The van der Waals surface area contributed by atoms with E-state index in [-0.39, 0.29) is 18.6 Å². The molecule has 0 bridgehead atoms. The van der Waals surface area contributed by atoms with Gasteiger partial charge in [0.05, 0.1) is 13.7 Å². The molecule has 0 amide bonds. The van der Waals surface area contributed by atoms with Crippen LogP contribution in [0.3, 0.4) is 0 Å². The summed E-state index contributed by atoms with van der Waals surface area (Å²) in [7, 11) is 1.20. The third-order valence-electron chi connectivity index (χ3n) is 2.19. The first-order valence-electron chi connectivity index (χ1n) is 5.64. The van der Waals surface area contributed by atoms with Crippen LogP contribution in [0.25, 0.3) is 0 Å². The molecule has 0 spiro atoms. The Hall–Kier alpha value is -1.85. The number of methoxy groups -OCH3 is 1. The van der Waals surface area contributed by atoms with Crippen LogP contribution in [-0.4, -0.2) is 36.7 Å². The average Bonchev–Trinajstić information content (AvgIpc) is 2.33. The number of ether oxygens (including phenoxy) is 2. The number of allylic oxidation sites excluding steroid dienone is 1. The molecule has 0 heterocycles. The minimum absolute atomic E-state index is 0.0909. The van der Waals surface area contributed by atoms with Gasteiger partial charge >= 0.3 is 17.9 Å². The highest BCUT2D eigenvalue weighted by atomic mass is 16.5. The summed E-state index contributed by atoms with van der Waals surface area (Å²) >= 11 is 0. The minimum atomic E-state index is -1.39. The molecule has 102 valence electrons. The van der Waals surface area contributed by atoms with E-state index in [1.165, 1.54) is 7.11 Å². The predicted octanol–water partition coefficient (Wildman–Crippen LogP) is 1.15. The lowest BCUT2D eigenvalue weighted by Crippen LogP contribution is -2.27. The molecule has 1 atom stereocenters. The maximum atomic E-state index is 11.5. The van der Waals surface area contributed by atoms with E-state index in [0.29, 0.717) is 6.42 Å². The molecular weight excluding hydrogens is 240 g/mol.